The Balaban J connectivity index is 1.91. The third kappa shape index (κ3) is 3.53. The van der Waals surface area contributed by atoms with Crippen molar-refractivity contribution in [2.24, 2.45) is 5.41 Å². The molecule has 10 atom stereocenters. The molecule has 0 bridgehead atoms. The molecule has 0 radical (unpaired) electrons. The van der Waals surface area contributed by atoms with E-state index < -0.39 is 71.9 Å². The number of hydrogen-bond donors (Lipinski definition) is 7. The zero-order chi connectivity index (χ0) is 22.0. The van der Waals surface area contributed by atoms with E-state index in [9.17, 15) is 35.7 Å². The lowest BCUT2D eigenvalue weighted by molar-refractivity contribution is -0.370. The Labute approximate surface area is 169 Å². The van der Waals surface area contributed by atoms with Crippen molar-refractivity contribution in [3.05, 3.63) is 0 Å². The molecule has 0 aromatic carbocycles. The van der Waals surface area contributed by atoms with Crippen molar-refractivity contribution < 1.29 is 50.0 Å². The van der Waals surface area contributed by atoms with Crippen molar-refractivity contribution >= 4 is 0 Å². The Kier molecular flexibility index (Phi) is 5.88. The highest BCUT2D eigenvalue weighted by atomic mass is 16.7. The van der Waals surface area contributed by atoms with Crippen LogP contribution < -0.4 is 0 Å². The van der Waals surface area contributed by atoms with Gasteiger partial charge in [0.1, 0.15) is 30.0 Å². The Morgan fingerprint density at radius 3 is 2.07 bits per heavy atom. The fraction of sp³-hybridized carbons (Fsp3) is 1.00. The summed E-state index contributed by atoms with van der Waals surface area (Å²) in [5.74, 6) is -1.46. The molecule has 10 nitrogen and oxygen atoms in total. The van der Waals surface area contributed by atoms with E-state index in [1.54, 1.807) is 20.8 Å². The molecule has 3 aliphatic rings. The maximum absolute atomic E-state index is 11.2. The van der Waals surface area contributed by atoms with Gasteiger partial charge in [0, 0.05) is 18.3 Å². The molecule has 0 aromatic heterocycles. The summed E-state index contributed by atoms with van der Waals surface area (Å²) in [6, 6.07) is 0. The monoisotopic (exact) mass is 422 g/mol. The fourth-order valence-electron chi connectivity index (χ4n) is 5.39. The van der Waals surface area contributed by atoms with Gasteiger partial charge < -0.3 is 50.0 Å². The molecule has 0 amide bonds. The average molecular weight is 422 g/mol. The van der Waals surface area contributed by atoms with Crippen LogP contribution in [0.15, 0.2) is 0 Å². The van der Waals surface area contributed by atoms with Crippen molar-refractivity contribution in [2.45, 2.75) is 107 Å². The molecule has 170 valence electrons. The van der Waals surface area contributed by atoms with Gasteiger partial charge in [-0.05, 0) is 20.3 Å². The third-order valence-corrected chi connectivity index (χ3v) is 7.04. The highest BCUT2D eigenvalue weighted by Gasteiger charge is 2.70. The highest BCUT2D eigenvalue weighted by molar-refractivity contribution is 5.18. The van der Waals surface area contributed by atoms with Crippen LogP contribution >= 0.6 is 0 Å². The largest absolute Gasteiger partial charge is 0.394 e. The Hall–Kier alpha value is -0.400. The molecule has 1 saturated carbocycles. The fourth-order valence-corrected chi connectivity index (χ4v) is 5.39. The zero-order valence-electron chi connectivity index (χ0n) is 17.2. The minimum atomic E-state index is -1.62. The first kappa shape index (κ1) is 23.3. The summed E-state index contributed by atoms with van der Waals surface area (Å²) in [6.07, 6.45) is -9.08. The second-order valence-corrected chi connectivity index (χ2v) is 9.63. The molecule has 3 rings (SSSR count). The Morgan fingerprint density at radius 2 is 1.55 bits per heavy atom. The van der Waals surface area contributed by atoms with Gasteiger partial charge in [-0.25, -0.2) is 0 Å². The molecule has 0 unspecified atom stereocenters. The normalized spacial score (nSPS) is 55.3. The van der Waals surface area contributed by atoms with E-state index in [2.05, 4.69) is 0 Å². The second kappa shape index (κ2) is 7.33. The molecular weight excluding hydrogens is 388 g/mol. The van der Waals surface area contributed by atoms with Crippen LogP contribution in [0.5, 0.6) is 0 Å². The second-order valence-electron chi connectivity index (χ2n) is 9.63. The number of aliphatic hydroxyl groups is 7. The number of rotatable bonds is 3. The number of aliphatic hydroxyl groups excluding tert-OH is 5. The smallest absolute Gasteiger partial charge is 0.187 e. The molecular formula is C19H34O10. The zero-order valence-corrected chi connectivity index (χ0v) is 17.2. The lowest BCUT2D eigenvalue weighted by Crippen LogP contribution is -2.73. The van der Waals surface area contributed by atoms with Gasteiger partial charge in [-0.1, -0.05) is 13.8 Å². The van der Waals surface area contributed by atoms with Gasteiger partial charge in [0.2, 0.25) is 0 Å². The van der Waals surface area contributed by atoms with Gasteiger partial charge in [0.15, 0.2) is 12.1 Å². The van der Waals surface area contributed by atoms with Crippen LogP contribution in [-0.4, -0.2) is 102 Å². The van der Waals surface area contributed by atoms with Crippen LogP contribution in [-0.2, 0) is 14.2 Å². The van der Waals surface area contributed by atoms with E-state index in [-0.39, 0.29) is 12.8 Å². The van der Waals surface area contributed by atoms with Gasteiger partial charge >= 0.3 is 0 Å². The van der Waals surface area contributed by atoms with Crippen molar-refractivity contribution in [3.63, 3.8) is 0 Å². The summed E-state index contributed by atoms with van der Waals surface area (Å²) in [5, 5.41) is 72.0. The molecule has 3 fully saturated rings. The van der Waals surface area contributed by atoms with Gasteiger partial charge in [-0.3, -0.25) is 0 Å². The van der Waals surface area contributed by atoms with Gasteiger partial charge in [0.05, 0.1) is 24.4 Å². The van der Waals surface area contributed by atoms with E-state index in [0.717, 1.165) is 0 Å². The molecule has 2 aliphatic heterocycles. The molecule has 7 N–H and O–H groups in total. The first-order valence-corrected chi connectivity index (χ1v) is 9.98. The van der Waals surface area contributed by atoms with Crippen LogP contribution in [0.3, 0.4) is 0 Å². The van der Waals surface area contributed by atoms with Crippen LogP contribution in [0.25, 0.3) is 0 Å². The summed E-state index contributed by atoms with van der Waals surface area (Å²) < 4.78 is 17.3. The van der Waals surface area contributed by atoms with Crippen molar-refractivity contribution in [1.29, 1.82) is 0 Å². The van der Waals surface area contributed by atoms with E-state index >= 15 is 0 Å². The molecule has 29 heavy (non-hydrogen) atoms. The molecule has 1 aliphatic carbocycles. The van der Waals surface area contributed by atoms with Crippen LogP contribution in [0, 0.1) is 5.41 Å². The lowest BCUT2D eigenvalue weighted by atomic mass is 9.55. The van der Waals surface area contributed by atoms with E-state index in [1.165, 1.54) is 6.92 Å². The molecule has 0 aromatic rings. The first-order valence-electron chi connectivity index (χ1n) is 9.98. The predicted molar refractivity (Wildman–Crippen MR) is 97.3 cm³/mol. The van der Waals surface area contributed by atoms with Crippen LogP contribution in [0.1, 0.15) is 47.0 Å². The minimum absolute atomic E-state index is 0.116. The van der Waals surface area contributed by atoms with Crippen LogP contribution in [0.4, 0.5) is 0 Å². The summed E-state index contributed by atoms with van der Waals surface area (Å²) >= 11 is 0. The first-order chi connectivity index (χ1) is 13.2. The minimum Gasteiger partial charge on any atom is -0.394 e. The standard InChI is InChI=1S/C19H34O10/c1-16(2)14(28-15-13(24)12(23)11(22)10(8-20)27-15)9(21)7-17(3,25)19(16)6-5-18(4,26)29-19/h9-15,20-26H,5-8H2,1-4H3/t9-,10-,11-,12+,13-,14+,15+,17-,18-,19-/m1/s1. The van der Waals surface area contributed by atoms with Crippen molar-refractivity contribution in [2.75, 3.05) is 6.61 Å². The predicted octanol–water partition coefficient (Wildman–Crippen LogP) is -2.03. The highest BCUT2D eigenvalue weighted by Crippen LogP contribution is 2.59. The quantitative estimate of drug-likeness (QED) is 0.269. The summed E-state index contributed by atoms with van der Waals surface area (Å²) in [4.78, 5) is 0. The van der Waals surface area contributed by atoms with E-state index in [0.29, 0.717) is 6.42 Å². The van der Waals surface area contributed by atoms with Crippen molar-refractivity contribution in [3.8, 4) is 0 Å². The molecule has 1 spiro atoms. The van der Waals surface area contributed by atoms with E-state index in [1.807, 2.05) is 0 Å². The van der Waals surface area contributed by atoms with Gasteiger partial charge in [-0.15, -0.1) is 0 Å². The van der Waals surface area contributed by atoms with Gasteiger partial charge in [-0.2, -0.15) is 0 Å². The average Bonchev–Trinajstić information content (AvgIpc) is 2.95. The SMILES string of the molecule is CC1(C)[C@@H](O[C@@H]2O[C@H](CO)[C@@H](O)[C@H](O)[C@H]2O)[C@H](O)C[C@@](C)(O)[C@@]12CC[C@](C)(O)O2. The summed E-state index contributed by atoms with van der Waals surface area (Å²) in [5.41, 5.74) is -3.80. The Bertz CT molecular complexity index is 606. The molecule has 2 heterocycles. The maximum Gasteiger partial charge on any atom is 0.187 e. The molecule has 2 saturated heterocycles. The molecule has 10 heteroatoms. The third-order valence-electron chi connectivity index (χ3n) is 7.04. The van der Waals surface area contributed by atoms with E-state index in [4.69, 9.17) is 14.2 Å². The maximum atomic E-state index is 11.2. The van der Waals surface area contributed by atoms with Gasteiger partial charge in [0.25, 0.3) is 0 Å². The lowest BCUT2D eigenvalue weighted by Gasteiger charge is -2.60. The van der Waals surface area contributed by atoms with Crippen LogP contribution in [0.2, 0.25) is 0 Å². The van der Waals surface area contributed by atoms with Crippen molar-refractivity contribution in [1.82, 2.24) is 0 Å². The summed E-state index contributed by atoms with van der Waals surface area (Å²) in [6.45, 7) is 5.89. The topological polar surface area (TPSA) is 169 Å². The number of hydrogen-bond acceptors (Lipinski definition) is 10. The Morgan fingerprint density at radius 1 is 0.931 bits per heavy atom. The summed E-state index contributed by atoms with van der Waals surface area (Å²) in [7, 11) is 0. The number of ether oxygens (including phenoxy) is 3.